The smallest absolute Gasteiger partial charge is 0.267 e. The van der Waals surface area contributed by atoms with Crippen LogP contribution >= 0.6 is 0 Å². The third-order valence-electron chi connectivity index (χ3n) is 5.55. The zero-order valence-corrected chi connectivity index (χ0v) is 17.4. The summed E-state index contributed by atoms with van der Waals surface area (Å²) in [6, 6.07) is 22.9. The molecule has 1 aliphatic rings. The zero-order chi connectivity index (χ0) is 21.3. The zero-order valence-electron chi connectivity index (χ0n) is 17.4. The maximum absolute atomic E-state index is 13.6. The van der Waals surface area contributed by atoms with Crippen molar-refractivity contribution < 1.29 is 9.59 Å². The molecule has 0 saturated heterocycles. The average molecular weight is 396 g/mol. The van der Waals surface area contributed by atoms with Gasteiger partial charge in [0.1, 0.15) is 0 Å². The summed E-state index contributed by atoms with van der Waals surface area (Å²) in [5.41, 5.74) is 5.45. The number of fused-ring (bicyclic) bond motifs is 1. The van der Waals surface area contributed by atoms with Crippen molar-refractivity contribution in [2.45, 2.75) is 20.8 Å². The molecule has 4 nitrogen and oxygen atoms in total. The first-order chi connectivity index (χ1) is 14.5. The first kappa shape index (κ1) is 19.6. The quantitative estimate of drug-likeness (QED) is 0.440. The molecule has 0 aromatic heterocycles. The normalized spacial score (nSPS) is 14.8. The van der Waals surface area contributed by atoms with Crippen LogP contribution in [-0.2, 0) is 4.79 Å². The van der Waals surface area contributed by atoms with Crippen molar-refractivity contribution in [2.24, 2.45) is 0 Å². The molecule has 0 N–H and O–H groups in total. The van der Waals surface area contributed by atoms with Crippen LogP contribution in [0.15, 0.2) is 79.0 Å². The second-order valence-corrected chi connectivity index (χ2v) is 7.42. The van der Waals surface area contributed by atoms with Gasteiger partial charge in [0.25, 0.3) is 11.8 Å². The highest BCUT2D eigenvalue weighted by Crippen LogP contribution is 2.33. The highest BCUT2D eigenvalue weighted by atomic mass is 16.2. The highest BCUT2D eigenvalue weighted by Gasteiger charge is 2.36. The van der Waals surface area contributed by atoms with Crippen molar-refractivity contribution in [1.82, 2.24) is 0 Å². The van der Waals surface area contributed by atoms with E-state index in [1.807, 2.05) is 98.6 Å². The summed E-state index contributed by atoms with van der Waals surface area (Å²) in [6.07, 6.45) is 1.86. The minimum atomic E-state index is -0.309. The van der Waals surface area contributed by atoms with Gasteiger partial charge in [-0.1, -0.05) is 42.5 Å². The van der Waals surface area contributed by atoms with Crippen molar-refractivity contribution >= 4 is 28.8 Å². The van der Waals surface area contributed by atoms with Gasteiger partial charge in [0.15, 0.2) is 0 Å². The summed E-state index contributed by atoms with van der Waals surface area (Å²) in [6.45, 7) is 6.73. The molecule has 4 rings (SSSR count). The Morgan fingerprint density at radius 1 is 0.800 bits per heavy atom. The Bertz CT molecular complexity index is 1150. The lowest BCUT2D eigenvalue weighted by Gasteiger charge is -2.30. The van der Waals surface area contributed by atoms with Gasteiger partial charge in [0.2, 0.25) is 0 Å². The van der Waals surface area contributed by atoms with Gasteiger partial charge in [-0.3, -0.25) is 9.59 Å². The van der Waals surface area contributed by atoms with Crippen molar-refractivity contribution in [1.29, 1.82) is 0 Å². The largest absolute Gasteiger partial charge is 0.347 e. The Labute approximate surface area is 177 Å². The molecular formula is C26H24N2O2. The molecule has 30 heavy (non-hydrogen) atoms. The molecule has 0 unspecified atom stereocenters. The topological polar surface area (TPSA) is 40.6 Å². The Morgan fingerprint density at radius 2 is 1.47 bits per heavy atom. The molecule has 0 spiro atoms. The van der Waals surface area contributed by atoms with Gasteiger partial charge in [-0.25, -0.2) is 4.90 Å². The number of rotatable bonds is 4. The van der Waals surface area contributed by atoms with E-state index in [2.05, 4.69) is 0 Å². The molecule has 0 atom stereocenters. The van der Waals surface area contributed by atoms with Crippen LogP contribution in [0.1, 0.15) is 34.0 Å². The number of hydrogen-bond donors (Lipinski definition) is 0. The van der Waals surface area contributed by atoms with Crippen LogP contribution < -0.4 is 9.80 Å². The van der Waals surface area contributed by atoms with Crippen LogP contribution in [0.25, 0.3) is 5.57 Å². The van der Waals surface area contributed by atoms with Crippen LogP contribution in [0, 0.1) is 13.8 Å². The van der Waals surface area contributed by atoms with E-state index < -0.39 is 0 Å². The first-order valence-electron chi connectivity index (χ1n) is 10.1. The van der Waals surface area contributed by atoms with Crippen LogP contribution in [-0.4, -0.2) is 18.4 Å². The van der Waals surface area contributed by atoms with Gasteiger partial charge in [-0.05, 0) is 62.2 Å². The SMILES string of the molecule is CCN(C=C1C(=O)N(c2ccc(C)c(C)c2)C(=O)c2ccccc21)c1ccccc1. The number of carbonyl (C=O) groups is 2. The fourth-order valence-electron chi connectivity index (χ4n) is 3.70. The fraction of sp³-hybridized carbons (Fsp3) is 0.154. The molecule has 2 amide bonds. The van der Waals surface area contributed by atoms with Gasteiger partial charge in [-0.15, -0.1) is 0 Å². The van der Waals surface area contributed by atoms with Crippen LogP contribution in [0.2, 0.25) is 0 Å². The van der Waals surface area contributed by atoms with E-state index in [1.165, 1.54) is 4.90 Å². The Morgan fingerprint density at radius 3 is 2.13 bits per heavy atom. The van der Waals surface area contributed by atoms with E-state index in [-0.39, 0.29) is 11.8 Å². The molecule has 4 heteroatoms. The lowest BCUT2D eigenvalue weighted by Crippen LogP contribution is -2.42. The van der Waals surface area contributed by atoms with Crippen molar-refractivity contribution in [3.63, 3.8) is 0 Å². The molecule has 0 fully saturated rings. The van der Waals surface area contributed by atoms with Crippen LogP contribution in [0.4, 0.5) is 11.4 Å². The first-order valence-corrected chi connectivity index (χ1v) is 10.1. The van der Waals surface area contributed by atoms with Crippen molar-refractivity contribution in [3.05, 3.63) is 101 Å². The molecule has 0 bridgehead atoms. The Hall–Kier alpha value is -3.66. The number of para-hydroxylation sites is 1. The lowest BCUT2D eigenvalue weighted by atomic mass is 9.93. The molecule has 1 aliphatic heterocycles. The van der Waals surface area contributed by atoms with Gasteiger partial charge in [0, 0.05) is 29.6 Å². The van der Waals surface area contributed by atoms with E-state index in [0.29, 0.717) is 28.9 Å². The predicted molar refractivity (Wildman–Crippen MR) is 122 cm³/mol. The summed E-state index contributed by atoms with van der Waals surface area (Å²) in [4.78, 5) is 30.2. The van der Waals surface area contributed by atoms with Crippen LogP contribution in [0.3, 0.4) is 0 Å². The second-order valence-electron chi connectivity index (χ2n) is 7.42. The second kappa shape index (κ2) is 7.99. The standard InChI is InChI=1S/C26H24N2O2/c1-4-27(20-10-6-5-7-11-20)17-24-22-12-8-9-13-23(22)25(29)28(26(24)30)21-15-14-18(2)19(3)16-21/h5-17H,4H2,1-3H3. The minimum Gasteiger partial charge on any atom is -0.347 e. The highest BCUT2D eigenvalue weighted by molar-refractivity contribution is 6.41. The number of nitrogens with zero attached hydrogens (tertiary/aromatic N) is 2. The van der Waals surface area contributed by atoms with Gasteiger partial charge in [-0.2, -0.15) is 0 Å². The lowest BCUT2D eigenvalue weighted by molar-refractivity contribution is -0.112. The number of anilines is 2. The average Bonchev–Trinajstić information content (AvgIpc) is 2.77. The van der Waals surface area contributed by atoms with Gasteiger partial charge < -0.3 is 4.90 Å². The van der Waals surface area contributed by atoms with Crippen molar-refractivity contribution in [2.75, 3.05) is 16.3 Å². The molecular weight excluding hydrogens is 372 g/mol. The maximum Gasteiger partial charge on any atom is 0.267 e. The monoisotopic (exact) mass is 396 g/mol. The molecule has 150 valence electrons. The minimum absolute atomic E-state index is 0.293. The Balaban J connectivity index is 1.87. The molecule has 0 radical (unpaired) electrons. The predicted octanol–water partition coefficient (Wildman–Crippen LogP) is 5.36. The Kier molecular flexibility index (Phi) is 5.23. The van der Waals surface area contributed by atoms with Crippen LogP contribution in [0.5, 0.6) is 0 Å². The third kappa shape index (κ3) is 3.41. The van der Waals surface area contributed by atoms with Crippen molar-refractivity contribution in [3.8, 4) is 0 Å². The third-order valence-corrected chi connectivity index (χ3v) is 5.55. The van der Waals surface area contributed by atoms with E-state index in [1.54, 1.807) is 6.07 Å². The molecule has 3 aromatic rings. The molecule has 1 heterocycles. The number of hydrogen-bond acceptors (Lipinski definition) is 3. The fourth-order valence-corrected chi connectivity index (χ4v) is 3.70. The summed E-state index contributed by atoms with van der Waals surface area (Å²) in [5.74, 6) is -0.602. The summed E-state index contributed by atoms with van der Waals surface area (Å²) in [7, 11) is 0. The molecule has 0 aliphatic carbocycles. The molecule has 3 aromatic carbocycles. The number of amides is 2. The summed E-state index contributed by atoms with van der Waals surface area (Å²) >= 11 is 0. The number of benzene rings is 3. The maximum atomic E-state index is 13.6. The summed E-state index contributed by atoms with van der Waals surface area (Å²) < 4.78 is 0. The van der Waals surface area contributed by atoms with E-state index >= 15 is 0 Å². The number of aryl methyl sites for hydroxylation is 2. The van der Waals surface area contributed by atoms with E-state index in [0.717, 1.165) is 16.8 Å². The van der Waals surface area contributed by atoms with Gasteiger partial charge in [0.05, 0.1) is 11.3 Å². The number of imide groups is 1. The van der Waals surface area contributed by atoms with E-state index in [4.69, 9.17) is 0 Å². The van der Waals surface area contributed by atoms with Gasteiger partial charge >= 0.3 is 0 Å². The number of carbonyl (C=O) groups excluding carboxylic acids is 2. The van der Waals surface area contributed by atoms with E-state index in [9.17, 15) is 9.59 Å². The molecule has 0 saturated carbocycles. The summed E-state index contributed by atoms with van der Waals surface area (Å²) in [5, 5.41) is 0.